The van der Waals surface area contributed by atoms with Gasteiger partial charge in [0.1, 0.15) is 5.69 Å². The van der Waals surface area contributed by atoms with Crippen molar-refractivity contribution < 1.29 is 9.18 Å². The van der Waals surface area contributed by atoms with Gasteiger partial charge < -0.3 is 4.90 Å². The monoisotopic (exact) mass is 629 g/mol. The zero-order valence-corrected chi connectivity index (χ0v) is 23.8. The number of carbonyl (C=O) groups is 1. The maximum atomic E-state index is 14.5. The van der Waals surface area contributed by atoms with Crippen molar-refractivity contribution in [1.29, 1.82) is 0 Å². The Balaban J connectivity index is 1.28. The molecule has 192 valence electrons. The predicted molar refractivity (Wildman–Crippen MR) is 145 cm³/mol. The van der Waals surface area contributed by atoms with Crippen LogP contribution in [0, 0.1) is 12.7 Å². The van der Waals surface area contributed by atoms with E-state index in [1.807, 2.05) is 42.2 Å². The van der Waals surface area contributed by atoms with E-state index in [2.05, 4.69) is 66.0 Å². The molecule has 0 bridgehead atoms. The van der Waals surface area contributed by atoms with E-state index >= 15 is 0 Å². The first kappa shape index (κ1) is 25.7. The average molecular weight is 631 g/mol. The number of carbonyl (C=O) groups excluding carboxylic acids is 1. The van der Waals surface area contributed by atoms with Gasteiger partial charge in [0, 0.05) is 41.9 Å². The summed E-state index contributed by atoms with van der Waals surface area (Å²) < 4.78 is 19.0. The fourth-order valence-electron chi connectivity index (χ4n) is 4.79. The smallest absolute Gasteiger partial charge is 0.274 e. The summed E-state index contributed by atoms with van der Waals surface area (Å²) in [6.07, 6.45) is 1.75. The molecule has 0 radical (unpaired) electrons. The number of hydrogen-bond acceptors (Lipinski definition) is 5. The van der Waals surface area contributed by atoms with Crippen molar-refractivity contribution in [3.05, 3.63) is 86.6 Å². The third-order valence-electron chi connectivity index (χ3n) is 6.64. The molecule has 0 unspecified atom stereocenters. The Labute approximate surface area is 231 Å². The minimum Gasteiger partial charge on any atom is -0.334 e. The van der Waals surface area contributed by atoms with Crippen LogP contribution in [0.1, 0.15) is 35.7 Å². The molecule has 1 saturated heterocycles. The van der Waals surface area contributed by atoms with E-state index in [0.29, 0.717) is 35.5 Å². The van der Waals surface area contributed by atoms with Gasteiger partial charge in [-0.05, 0) is 83.0 Å². The van der Waals surface area contributed by atoms with E-state index in [0.717, 1.165) is 21.5 Å². The first-order chi connectivity index (χ1) is 17.7. The molecule has 0 N–H and O–H groups in total. The molecule has 1 aliphatic heterocycles. The van der Waals surface area contributed by atoms with Crippen molar-refractivity contribution in [1.82, 2.24) is 34.6 Å². The summed E-state index contributed by atoms with van der Waals surface area (Å²) in [4.78, 5) is 17.6. The molecule has 4 aromatic rings. The van der Waals surface area contributed by atoms with Gasteiger partial charge in [-0.3, -0.25) is 9.69 Å². The number of halogens is 3. The Bertz CT molecular complexity index is 1440. The number of para-hydroxylation sites is 1. The normalized spacial score (nSPS) is 18.4. The Kier molecular flexibility index (Phi) is 7.28. The van der Waals surface area contributed by atoms with Crippen molar-refractivity contribution in [3.8, 4) is 11.4 Å². The molecule has 1 amide bonds. The molecule has 1 fully saturated rings. The molecule has 5 rings (SSSR count). The Morgan fingerprint density at radius 1 is 1.03 bits per heavy atom. The highest BCUT2D eigenvalue weighted by Gasteiger charge is 2.33. The summed E-state index contributed by atoms with van der Waals surface area (Å²) in [7, 11) is 0. The SMILES string of the molecule is Cc1cc(C(=O)N2C[C@@H](C)N(Cc3cn(-c4cccc(Br)c4F)nn3)[C@@H](C)C2)nn1-c1ccccc1Br. The average Bonchev–Trinajstić information content (AvgIpc) is 3.49. The van der Waals surface area contributed by atoms with Gasteiger partial charge in [0.05, 0.1) is 22.1 Å². The van der Waals surface area contributed by atoms with E-state index in [1.165, 1.54) is 4.68 Å². The van der Waals surface area contributed by atoms with Crippen LogP contribution in [-0.4, -0.2) is 65.7 Å². The topological polar surface area (TPSA) is 72.1 Å². The first-order valence-electron chi connectivity index (χ1n) is 11.9. The van der Waals surface area contributed by atoms with Crippen LogP contribution >= 0.6 is 31.9 Å². The molecule has 0 saturated carbocycles. The van der Waals surface area contributed by atoms with E-state index in [-0.39, 0.29) is 23.8 Å². The lowest BCUT2D eigenvalue weighted by Crippen LogP contribution is -2.57. The van der Waals surface area contributed by atoms with Crippen molar-refractivity contribution in [3.63, 3.8) is 0 Å². The van der Waals surface area contributed by atoms with Gasteiger partial charge in [0.15, 0.2) is 11.5 Å². The third kappa shape index (κ3) is 5.12. The second-order valence-electron chi connectivity index (χ2n) is 9.34. The lowest BCUT2D eigenvalue weighted by Gasteiger charge is -2.43. The van der Waals surface area contributed by atoms with Gasteiger partial charge in [-0.1, -0.05) is 23.4 Å². The maximum absolute atomic E-state index is 14.5. The molecular weight excluding hydrogens is 605 g/mol. The van der Waals surface area contributed by atoms with Crippen LogP contribution in [0.3, 0.4) is 0 Å². The zero-order valence-electron chi connectivity index (χ0n) is 20.6. The molecule has 0 spiro atoms. The molecule has 8 nitrogen and oxygen atoms in total. The number of piperazine rings is 1. The molecule has 2 aromatic carbocycles. The van der Waals surface area contributed by atoms with Gasteiger partial charge in [-0.2, -0.15) is 5.10 Å². The van der Waals surface area contributed by atoms with Crippen molar-refractivity contribution >= 4 is 37.8 Å². The molecular formula is C26H26Br2FN7O. The summed E-state index contributed by atoms with van der Waals surface area (Å²) in [6.45, 7) is 7.82. The van der Waals surface area contributed by atoms with Crippen LogP contribution in [0.2, 0.25) is 0 Å². The highest BCUT2D eigenvalue weighted by atomic mass is 79.9. The summed E-state index contributed by atoms with van der Waals surface area (Å²) in [6, 6.07) is 14.9. The summed E-state index contributed by atoms with van der Waals surface area (Å²) in [5.74, 6) is -0.464. The molecule has 11 heteroatoms. The second kappa shape index (κ2) is 10.5. The van der Waals surface area contributed by atoms with Gasteiger partial charge in [0.2, 0.25) is 0 Å². The predicted octanol–water partition coefficient (Wildman–Crippen LogP) is 5.16. The number of rotatable bonds is 5. The molecule has 1 aliphatic rings. The quantitative estimate of drug-likeness (QED) is 0.305. The van der Waals surface area contributed by atoms with Crippen LogP contribution in [0.5, 0.6) is 0 Å². The minimum absolute atomic E-state index is 0.0803. The summed E-state index contributed by atoms with van der Waals surface area (Å²) in [5.41, 5.74) is 3.28. The minimum atomic E-state index is -0.384. The summed E-state index contributed by atoms with van der Waals surface area (Å²) in [5, 5.41) is 13.0. The Morgan fingerprint density at radius 3 is 2.43 bits per heavy atom. The van der Waals surface area contributed by atoms with Crippen LogP contribution < -0.4 is 0 Å². The molecule has 37 heavy (non-hydrogen) atoms. The van der Waals surface area contributed by atoms with Crippen LogP contribution in [-0.2, 0) is 6.54 Å². The maximum Gasteiger partial charge on any atom is 0.274 e. The molecule has 2 aromatic heterocycles. The van der Waals surface area contributed by atoms with E-state index in [9.17, 15) is 9.18 Å². The second-order valence-corrected chi connectivity index (χ2v) is 11.1. The molecule has 0 aliphatic carbocycles. The van der Waals surface area contributed by atoms with Crippen LogP contribution in [0.15, 0.2) is 63.7 Å². The van der Waals surface area contributed by atoms with Gasteiger partial charge in [-0.25, -0.2) is 13.8 Å². The number of aromatic nitrogens is 5. The van der Waals surface area contributed by atoms with Gasteiger partial charge in [-0.15, -0.1) is 5.10 Å². The fraction of sp³-hybridized carbons (Fsp3) is 0.308. The Morgan fingerprint density at radius 2 is 1.70 bits per heavy atom. The van der Waals surface area contributed by atoms with Gasteiger partial charge >= 0.3 is 0 Å². The van der Waals surface area contributed by atoms with Crippen LogP contribution in [0.25, 0.3) is 11.4 Å². The van der Waals surface area contributed by atoms with E-state index < -0.39 is 0 Å². The third-order valence-corrected chi connectivity index (χ3v) is 7.92. The van der Waals surface area contributed by atoms with E-state index in [1.54, 1.807) is 29.1 Å². The highest BCUT2D eigenvalue weighted by molar-refractivity contribution is 9.10. The van der Waals surface area contributed by atoms with Crippen LogP contribution in [0.4, 0.5) is 4.39 Å². The number of aryl methyl sites for hydroxylation is 1. The number of hydrogen-bond donors (Lipinski definition) is 0. The first-order valence-corrected chi connectivity index (χ1v) is 13.5. The van der Waals surface area contributed by atoms with E-state index in [4.69, 9.17) is 0 Å². The fourth-order valence-corrected chi connectivity index (χ4v) is 5.60. The molecule has 2 atom stereocenters. The summed E-state index contributed by atoms with van der Waals surface area (Å²) >= 11 is 6.78. The number of amides is 1. The Hall–Kier alpha value is -2.89. The largest absolute Gasteiger partial charge is 0.334 e. The van der Waals surface area contributed by atoms with Crippen molar-refractivity contribution in [2.75, 3.05) is 13.1 Å². The van der Waals surface area contributed by atoms with Crippen molar-refractivity contribution in [2.45, 2.75) is 39.4 Å². The lowest BCUT2D eigenvalue weighted by atomic mass is 10.1. The standard InChI is InChI=1S/C26H26Br2FN7O/c1-16-11-22(31-36(16)23-9-5-4-7-20(23)27)26(37)33-12-17(2)34(18(3)13-33)14-19-15-35(32-30-19)24-10-6-8-21(28)25(24)29/h4-11,15,17-18H,12-14H2,1-3H3/t17-,18+. The van der Waals surface area contributed by atoms with Gasteiger partial charge in [0.25, 0.3) is 5.91 Å². The number of benzene rings is 2. The van der Waals surface area contributed by atoms with Crippen molar-refractivity contribution in [2.24, 2.45) is 0 Å². The highest BCUT2D eigenvalue weighted by Crippen LogP contribution is 2.25. The molecule has 3 heterocycles. The number of nitrogens with zero attached hydrogens (tertiary/aromatic N) is 7. The zero-order chi connectivity index (χ0) is 26.3. The lowest BCUT2D eigenvalue weighted by molar-refractivity contribution is 0.0260.